The van der Waals surface area contributed by atoms with E-state index in [9.17, 15) is 41.1 Å². The number of anilines is 3. The minimum atomic E-state index is -4.59. The van der Waals surface area contributed by atoms with E-state index in [0.29, 0.717) is 48.9 Å². The van der Waals surface area contributed by atoms with Crippen LogP contribution in [0, 0.1) is 5.92 Å². The van der Waals surface area contributed by atoms with Crippen molar-refractivity contribution >= 4 is 51.6 Å². The first-order chi connectivity index (χ1) is 31.4. The molecule has 2 unspecified atom stereocenters. The zero-order valence-electron chi connectivity index (χ0n) is 35.9. The Morgan fingerprint density at radius 1 is 1.05 bits per heavy atom. The second-order valence-corrected chi connectivity index (χ2v) is 17.5. The average molecular weight is 933 g/mol. The summed E-state index contributed by atoms with van der Waals surface area (Å²) in [6.07, 6.45) is -3.13. The number of alkyl halides is 7. The van der Waals surface area contributed by atoms with Crippen molar-refractivity contribution in [3.05, 3.63) is 64.6 Å². The molecule has 2 N–H and O–H groups in total. The van der Waals surface area contributed by atoms with Gasteiger partial charge in [0.15, 0.2) is 17.4 Å². The van der Waals surface area contributed by atoms with Gasteiger partial charge < -0.3 is 19.9 Å². The fourth-order valence-corrected chi connectivity index (χ4v) is 10.00. The summed E-state index contributed by atoms with van der Waals surface area (Å²) in [5.41, 5.74) is -0.211. The maximum absolute atomic E-state index is 16.2. The average Bonchev–Trinajstić information content (AvgIpc) is 3.97. The van der Waals surface area contributed by atoms with Gasteiger partial charge in [-0.05, 0) is 69.7 Å². The van der Waals surface area contributed by atoms with Crippen LogP contribution in [0.5, 0.6) is 0 Å². The van der Waals surface area contributed by atoms with Crippen LogP contribution in [0.1, 0.15) is 79.5 Å². The number of rotatable bonds is 10. The van der Waals surface area contributed by atoms with E-state index in [1.54, 1.807) is 35.0 Å². The summed E-state index contributed by atoms with van der Waals surface area (Å²) in [6, 6.07) is 4.15. The van der Waals surface area contributed by atoms with Crippen molar-refractivity contribution in [1.82, 2.24) is 43.7 Å². The molecule has 3 amide bonds. The SMILES string of the molecule is CN(C[C@H]1CC[C@H](n2cc(NC(=O)c3cnn4ccc(N5CCO[C@@H](C(F)(F)F)C5)nc34)c(C(F)F)n2)CC1)C1CCN(c2cccc3c2n(C)c(=O)n3C2CCC(=O)NC2=O)CC1(F)F. The number of aromatic nitrogens is 7. The molecule has 7 heterocycles. The van der Waals surface area contributed by atoms with Gasteiger partial charge in [0.2, 0.25) is 11.8 Å². The minimum absolute atomic E-state index is 0.00242. The number of hydrogen-bond donors (Lipinski definition) is 2. The Morgan fingerprint density at radius 2 is 1.82 bits per heavy atom. The van der Waals surface area contributed by atoms with E-state index < -0.39 is 78.9 Å². The first-order valence-corrected chi connectivity index (χ1v) is 21.7. The van der Waals surface area contributed by atoms with Crippen LogP contribution in [-0.4, -0.2) is 127 Å². The number of carbonyl (C=O) groups excluding carboxylic acids is 3. The van der Waals surface area contributed by atoms with Crippen LogP contribution in [0.2, 0.25) is 0 Å². The van der Waals surface area contributed by atoms with Crippen LogP contribution in [-0.2, 0) is 21.4 Å². The molecule has 4 aromatic heterocycles. The van der Waals surface area contributed by atoms with Crippen molar-refractivity contribution in [1.29, 1.82) is 0 Å². The van der Waals surface area contributed by atoms with Gasteiger partial charge in [0.25, 0.3) is 18.3 Å². The van der Waals surface area contributed by atoms with Gasteiger partial charge in [0.1, 0.15) is 17.4 Å². The number of nitrogens with one attached hydrogen (secondary N) is 2. The number of imide groups is 1. The molecule has 1 aromatic carbocycles. The summed E-state index contributed by atoms with van der Waals surface area (Å²) in [4.78, 5) is 60.5. The molecule has 17 nitrogen and oxygen atoms in total. The molecule has 0 radical (unpaired) electrons. The molecule has 1 saturated carbocycles. The van der Waals surface area contributed by atoms with Crippen molar-refractivity contribution in [3.8, 4) is 0 Å². The van der Waals surface area contributed by atoms with E-state index in [1.165, 1.54) is 54.9 Å². The molecule has 66 heavy (non-hydrogen) atoms. The fourth-order valence-electron chi connectivity index (χ4n) is 10.00. The predicted octanol–water partition coefficient (Wildman–Crippen LogP) is 5.09. The van der Waals surface area contributed by atoms with Crippen molar-refractivity contribution < 1.29 is 49.9 Å². The van der Waals surface area contributed by atoms with E-state index in [2.05, 4.69) is 25.8 Å². The Balaban J connectivity index is 0.824. The number of halogens is 7. The molecule has 3 atom stereocenters. The lowest BCUT2D eigenvalue weighted by Gasteiger charge is -2.44. The molecule has 9 rings (SSSR count). The number of benzene rings is 1. The molecule has 354 valence electrons. The number of hydrogen-bond acceptors (Lipinski definition) is 11. The maximum Gasteiger partial charge on any atom is 0.416 e. The van der Waals surface area contributed by atoms with Gasteiger partial charge in [-0.3, -0.25) is 38.4 Å². The molecule has 1 aliphatic carbocycles. The van der Waals surface area contributed by atoms with Gasteiger partial charge >= 0.3 is 11.9 Å². The van der Waals surface area contributed by atoms with Gasteiger partial charge in [0, 0.05) is 45.5 Å². The second-order valence-electron chi connectivity index (χ2n) is 17.5. The van der Waals surface area contributed by atoms with Gasteiger partial charge in [-0.2, -0.15) is 23.4 Å². The highest BCUT2D eigenvalue weighted by atomic mass is 19.4. The number of ether oxygens (including phenoxy) is 1. The molecular weight excluding hydrogens is 886 g/mol. The molecule has 0 bridgehead atoms. The highest BCUT2D eigenvalue weighted by Gasteiger charge is 2.48. The normalized spacial score (nSPS) is 24.2. The second kappa shape index (κ2) is 17.3. The molecule has 0 spiro atoms. The lowest BCUT2D eigenvalue weighted by Crippen LogP contribution is -2.58. The lowest BCUT2D eigenvalue weighted by molar-refractivity contribution is -0.221. The van der Waals surface area contributed by atoms with Crippen molar-refractivity contribution in [2.45, 2.75) is 87.7 Å². The van der Waals surface area contributed by atoms with Crippen molar-refractivity contribution in [2.24, 2.45) is 13.0 Å². The van der Waals surface area contributed by atoms with E-state index in [4.69, 9.17) is 4.74 Å². The highest BCUT2D eigenvalue weighted by Crippen LogP contribution is 2.40. The summed E-state index contributed by atoms with van der Waals surface area (Å²) in [5, 5.41) is 13.0. The Hall–Kier alpha value is -6.04. The molecule has 3 saturated heterocycles. The third-order valence-corrected chi connectivity index (χ3v) is 13.3. The van der Waals surface area contributed by atoms with E-state index >= 15 is 8.78 Å². The third-order valence-electron chi connectivity index (χ3n) is 13.3. The first-order valence-electron chi connectivity index (χ1n) is 21.7. The van der Waals surface area contributed by atoms with Gasteiger partial charge in [-0.25, -0.2) is 31.9 Å². The Morgan fingerprint density at radius 3 is 2.53 bits per heavy atom. The van der Waals surface area contributed by atoms with Crippen LogP contribution in [0.15, 0.2) is 47.7 Å². The van der Waals surface area contributed by atoms with Crippen LogP contribution in [0.25, 0.3) is 16.7 Å². The standard InChI is InChI=1S/C42H47F7N12O5/c1-55(30-12-14-58(22-41(30,45)46)27-4-3-5-28-35(27)56(2)40(65)61(28)29-10-11-33(62)53-39(29)64)19-23-6-8-24(9-7-23)60-20-26(34(54-60)36(43)44)51-38(63)25-18-50-59-15-13-32(52-37(25)59)57-16-17-66-31(21-57)42(47,48)49/h3-5,13,15,18,20,23-24,29-31,36H,6-12,14,16-17,19,21-22H2,1-2H3,(H,51,63)(H,53,62,64)/t23-,24-,29?,30?,31-/m1/s1. The Kier molecular flexibility index (Phi) is 11.8. The molecule has 3 aliphatic heterocycles. The fraction of sp³-hybridized carbons (Fsp3) is 0.548. The Labute approximate surface area is 371 Å². The summed E-state index contributed by atoms with van der Waals surface area (Å²) in [5.74, 6) is -4.80. The van der Waals surface area contributed by atoms with Crippen molar-refractivity contribution in [2.75, 3.05) is 61.5 Å². The maximum atomic E-state index is 16.2. The molecule has 24 heteroatoms. The molecule has 4 aliphatic rings. The number of piperidine rings is 2. The van der Waals surface area contributed by atoms with Crippen LogP contribution in [0.3, 0.4) is 0 Å². The van der Waals surface area contributed by atoms with Crippen molar-refractivity contribution in [3.63, 3.8) is 0 Å². The van der Waals surface area contributed by atoms with Gasteiger partial charge in [0.05, 0.1) is 60.4 Å². The summed E-state index contributed by atoms with van der Waals surface area (Å²) < 4.78 is 111. The smallest absolute Gasteiger partial charge is 0.365 e. The number of nitrogens with zero attached hydrogens (tertiary/aromatic N) is 10. The number of aryl methyl sites for hydroxylation is 1. The number of amides is 3. The third kappa shape index (κ3) is 8.47. The number of fused-ring (bicyclic) bond motifs is 2. The molecular formula is C42H47F7N12O5. The largest absolute Gasteiger partial charge is 0.416 e. The minimum Gasteiger partial charge on any atom is -0.365 e. The first kappa shape index (κ1) is 45.1. The number of imidazole rings is 1. The zero-order chi connectivity index (χ0) is 46.8. The number of morpholine rings is 1. The quantitative estimate of drug-likeness (QED) is 0.141. The lowest BCUT2D eigenvalue weighted by atomic mass is 9.85. The molecule has 5 aromatic rings. The van der Waals surface area contributed by atoms with Crippen LogP contribution >= 0.6 is 0 Å². The van der Waals surface area contributed by atoms with E-state index in [1.807, 2.05) is 0 Å². The van der Waals surface area contributed by atoms with E-state index in [0.717, 1.165) is 0 Å². The van der Waals surface area contributed by atoms with E-state index in [-0.39, 0.29) is 73.6 Å². The van der Waals surface area contributed by atoms with Crippen LogP contribution in [0.4, 0.5) is 47.9 Å². The topological polar surface area (TPSA) is 169 Å². The number of para-hydroxylation sites is 1. The van der Waals surface area contributed by atoms with Gasteiger partial charge in [-0.15, -0.1) is 0 Å². The van der Waals surface area contributed by atoms with Gasteiger partial charge in [-0.1, -0.05) is 6.07 Å². The highest BCUT2D eigenvalue weighted by molar-refractivity contribution is 6.08. The van der Waals surface area contributed by atoms with Crippen LogP contribution < -0.4 is 26.1 Å². The predicted molar refractivity (Wildman–Crippen MR) is 224 cm³/mol. The zero-order valence-corrected chi connectivity index (χ0v) is 35.9. The summed E-state index contributed by atoms with van der Waals surface area (Å²) in [6.45, 7) is -0.541. The number of carbonyl (C=O) groups is 3. The summed E-state index contributed by atoms with van der Waals surface area (Å²) >= 11 is 0. The monoisotopic (exact) mass is 932 g/mol. The summed E-state index contributed by atoms with van der Waals surface area (Å²) in [7, 11) is 3.20. The molecule has 4 fully saturated rings. The Bertz CT molecular complexity index is 2720.